The zero-order valence-corrected chi connectivity index (χ0v) is 6.49. The first-order valence-electron chi connectivity index (χ1n) is 4.58. The Labute approximate surface area is 66.5 Å². The third-order valence-electron chi connectivity index (χ3n) is 3.55. The van der Waals surface area contributed by atoms with Crippen LogP contribution in [-0.2, 0) is 4.79 Å². The van der Waals surface area contributed by atoms with Gasteiger partial charge in [0.05, 0.1) is 0 Å². The third kappa shape index (κ3) is 0.640. The van der Waals surface area contributed by atoms with E-state index in [0.29, 0.717) is 17.6 Å². The van der Waals surface area contributed by atoms with E-state index in [4.69, 9.17) is 0 Å². The Hall–Kier alpha value is -0.590. The van der Waals surface area contributed by atoms with Gasteiger partial charge in [-0.15, -0.1) is 0 Å². The van der Waals surface area contributed by atoms with Crippen LogP contribution >= 0.6 is 0 Å². The van der Waals surface area contributed by atoms with E-state index in [1.807, 2.05) is 0 Å². The first-order valence-corrected chi connectivity index (χ1v) is 4.58. The molecule has 2 bridgehead atoms. The minimum absolute atomic E-state index is 0.340. The Morgan fingerprint density at radius 1 is 1.36 bits per heavy atom. The summed E-state index contributed by atoms with van der Waals surface area (Å²) in [7, 11) is 0. The van der Waals surface area contributed by atoms with Gasteiger partial charge >= 0.3 is 0 Å². The van der Waals surface area contributed by atoms with Gasteiger partial charge in [-0.1, -0.05) is 12.2 Å². The molecule has 3 aliphatic carbocycles. The molecule has 0 radical (unpaired) electrons. The van der Waals surface area contributed by atoms with Crippen molar-refractivity contribution < 1.29 is 4.79 Å². The maximum absolute atomic E-state index is 11.6. The van der Waals surface area contributed by atoms with E-state index >= 15 is 0 Å². The molecule has 0 aromatic carbocycles. The van der Waals surface area contributed by atoms with E-state index in [1.165, 1.54) is 6.42 Å². The summed E-state index contributed by atoms with van der Waals surface area (Å²) in [6.07, 6.45) is 7.98. The minimum Gasteiger partial charge on any atom is -0.299 e. The summed E-state index contributed by atoms with van der Waals surface area (Å²) >= 11 is 0. The van der Waals surface area contributed by atoms with Crippen molar-refractivity contribution in [1.29, 1.82) is 0 Å². The van der Waals surface area contributed by atoms with Gasteiger partial charge in [0.2, 0.25) is 0 Å². The van der Waals surface area contributed by atoms with Crippen molar-refractivity contribution in [3.63, 3.8) is 0 Å². The molecule has 3 rings (SSSR count). The number of fused-ring (bicyclic) bond motifs is 5. The molecule has 0 spiro atoms. The fourth-order valence-electron chi connectivity index (χ4n) is 2.89. The SMILES string of the molecule is O=C1C2C=CCCC1C1CC21. The average molecular weight is 148 g/mol. The van der Waals surface area contributed by atoms with E-state index in [9.17, 15) is 4.79 Å². The summed E-state index contributed by atoms with van der Waals surface area (Å²) in [5.41, 5.74) is 0. The van der Waals surface area contributed by atoms with E-state index in [0.717, 1.165) is 24.7 Å². The summed E-state index contributed by atoms with van der Waals surface area (Å²) in [4.78, 5) is 11.6. The van der Waals surface area contributed by atoms with Crippen molar-refractivity contribution in [3.8, 4) is 0 Å². The number of Topliss-reactive ketones (excluding diaryl/α,β-unsaturated/α-hetero) is 1. The normalized spacial score (nSPS) is 52.2. The van der Waals surface area contributed by atoms with Crippen LogP contribution in [0.2, 0.25) is 0 Å². The lowest BCUT2D eigenvalue weighted by Crippen LogP contribution is -2.15. The van der Waals surface area contributed by atoms with Crippen molar-refractivity contribution in [1.82, 2.24) is 0 Å². The van der Waals surface area contributed by atoms with Gasteiger partial charge in [-0.2, -0.15) is 0 Å². The lowest BCUT2D eigenvalue weighted by Gasteiger charge is -2.07. The van der Waals surface area contributed by atoms with Crippen LogP contribution in [0, 0.1) is 23.7 Å². The molecule has 0 saturated heterocycles. The van der Waals surface area contributed by atoms with Gasteiger partial charge in [-0.25, -0.2) is 0 Å². The molecule has 0 aromatic rings. The minimum atomic E-state index is 0.340. The van der Waals surface area contributed by atoms with Gasteiger partial charge in [-0.05, 0) is 31.1 Å². The van der Waals surface area contributed by atoms with Crippen molar-refractivity contribution in [2.45, 2.75) is 19.3 Å². The van der Waals surface area contributed by atoms with Gasteiger partial charge in [0.15, 0.2) is 0 Å². The first-order chi connectivity index (χ1) is 5.38. The van der Waals surface area contributed by atoms with Crippen molar-refractivity contribution >= 4 is 5.78 Å². The van der Waals surface area contributed by atoms with Crippen LogP contribution in [0.25, 0.3) is 0 Å². The standard InChI is InChI=1S/C10H12O/c11-10-6-3-1-2-4-7(10)9-5-8(6)9/h1,3,6-9H,2,4-5H2. The molecule has 4 atom stereocenters. The van der Waals surface area contributed by atoms with Crippen LogP contribution in [0.3, 0.4) is 0 Å². The summed E-state index contributed by atoms with van der Waals surface area (Å²) in [5, 5.41) is 0. The first kappa shape index (κ1) is 5.99. The molecule has 3 aliphatic rings. The van der Waals surface area contributed by atoms with Crippen LogP contribution in [0.1, 0.15) is 19.3 Å². The number of allylic oxidation sites excluding steroid dienone is 2. The van der Waals surface area contributed by atoms with Gasteiger partial charge in [-0.3, -0.25) is 4.79 Å². The predicted molar refractivity (Wildman–Crippen MR) is 42.0 cm³/mol. The Balaban J connectivity index is 2.03. The average Bonchev–Trinajstić information content (AvgIpc) is 2.63. The largest absolute Gasteiger partial charge is 0.299 e. The zero-order chi connectivity index (χ0) is 7.42. The van der Waals surface area contributed by atoms with Gasteiger partial charge in [0.25, 0.3) is 0 Å². The second kappa shape index (κ2) is 1.77. The highest BCUT2D eigenvalue weighted by molar-refractivity contribution is 5.89. The second-order valence-electron chi connectivity index (χ2n) is 4.10. The zero-order valence-electron chi connectivity index (χ0n) is 6.49. The molecule has 4 unspecified atom stereocenters. The third-order valence-corrected chi connectivity index (χ3v) is 3.55. The van der Waals surface area contributed by atoms with E-state index in [-0.39, 0.29) is 0 Å². The maximum Gasteiger partial charge on any atom is 0.143 e. The Kier molecular flexibility index (Phi) is 0.961. The number of ketones is 1. The highest BCUT2D eigenvalue weighted by atomic mass is 16.1. The van der Waals surface area contributed by atoms with Crippen LogP contribution in [0.5, 0.6) is 0 Å². The number of hydrogen-bond acceptors (Lipinski definition) is 1. The summed E-state index contributed by atoms with van der Waals surface area (Å²) in [5.74, 6) is 2.92. The molecular formula is C10H12O. The highest BCUT2D eigenvalue weighted by Crippen LogP contribution is 2.59. The van der Waals surface area contributed by atoms with Gasteiger partial charge in [0, 0.05) is 11.8 Å². The fourth-order valence-corrected chi connectivity index (χ4v) is 2.89. The summed E-state index contributed by atoms with van der Waals surface area (Å²) < 4.78 is 0. The van der Waals surface area contributed by atoms with E-state index < -0.39 is 0 Å². The lowest BCUT2D eigenvalue weighted by molar-refractivity contribution is -0.124. The maximum atomic E-state index is 11.6. The Morgan fingerprint density at radius 3 is 3.18 bits per heavy atom. The molecular weight excluding hydrogens is 136 g/mol. The number of carbonyl (C=O) groups is 1. The van der Waals surface area contributed by atoms with Crippen molar-refractivity contribution in [2.75, 3.05) is 0 Å². The molecule has 2 fully saturated rings. The summed E-state index contributed by atoms with van der Waals surface area (Å²) in [6.45, 7) is 0. The van der Waals surface area contributed by atoms with Crippen LogP contribution < -0.4 is 0 Å². The van der Waals surface area contributed by atoms with Gasteiger partial charge < -0.3 is 0 Å². The molecule has 1 heteroatoms. The molecule has 58 valence electrons. The Morgan fingerprint density at radius 2 is 2.27 bits per heavy atom. The molecule has 0 aliphatic heterocycles. The quantitative estimate of drug-likeness (QED) is 0.479. The van der Waals surface area contributed by atoms with Gasteiger partial charge in [0.1, 0.15) is 5.78 Å². The highest BCUT2D eigenvalue weighted by Gasteiger charge is 2.58. The molecule has 0 N–H and O–H groups in total. The topological polar surface area (TPSA) is 17.1 Å². The van der Waals surface area contributed by atoms with E-state index in [1.54, 1.807) is 0 Å². The molecule has 11 heavy (non-hydrogen) atoms. The molecule has 0 heterocycles. The molecule has 1 nitrogen and oxygen atoms in total. The van der Waals surface area contributed by atoms with Crippen LogP contribution in [-0.4, -0.2) is 5.78 Å². The van der Waals surface area contributed by atoms with Crippen molar-refractivity contribution in [2.24, 2.45) is 23.7 Å². The molecule has 0 amide bonds. The molecule has 2 saturated carbocycles. The Bertz CT molecular complexity index is 241. The predicted octanol–water partition coefficient (Wildman–Crippen LogP) is 1.79. The number of carbonyl (C=O) groups excluding carboxylic acids is 1. The smallest absolute Gasteiger partial charge is 0.143 e. The lowest BCUT2D eigenvalue weighted by atomic mass is 9.95. The number of rotatable bonds is 0. The van der Waals surface area contributed by atoms with Crippen molar-refractivity contribution in [3.05, 3.63) is 12.2 Å². The monoisotopic (exact) mass is 148 g/mol. The fraction of sp³-hybridized carbons (Fsp3) is 0.700. The number of hydrogen-bond donors (Lipinski definition) is 0. The van der Waals surface area contributed by atoms with Crippen LogP contribution in [0.4, 0.5) is 0 Å². The molecule has 0 aromatic heterocycles. The van der Waals surface area contributed by atoms with E-state index in [2.05, 4.69) is 12.2 Å². The summed E-state index contributed by atoms with van der Waals surface area (Å²) in [6, 6.07) is 0. The van der Waals surface area contributed by atoms with Crippen LogP contribution in [0.15, 0.2) is 12.2 Å². The second-order valence-corrected chi connectivity index (χ2v) is 4.10.